The van der Waals surface area contributed by atoms with E-state index in [1.165, 1.54) is 0 Å². The van der Waals surface area contributed by atoms with Gasteiger partial charge in [-0.05, 0) is 19.3 Å². The average Bonchev–Trinajstić information content (AvgIpc) is 2.81. The first-order valence-electron chi connectivity index (χ1n) is 6.35. The van der Waals surface area contributed by atoms with Gasteiger partial charge in [0.05, 0.1) is 11.4 Å². The molecule has 5 nitrogen and oxygen atoms in total. The maximum Gasteiger partial charge on any atom is 0.225 e. The molecule has 0 bridgehead atoms. The predicted molar refractivity (Wildman–Crippen MR) is 64.4 cm³/mol. The number of carbonyl (C=O) groups excluding carboxylic acids is 1. The Morgan fingerprint density at radius 3 is 3.00 bits per heavy atom. The van der Waals surface area contributed by atoms with Crippen LogP contribution in [0.5, 0.6) is 0 Å². The van der Waals surface area contributed by atoms with E-state index in [0.29, 0.717) is 0 Å². The van der Waals surface area contributed by atoms with Gasteiger partial charge in [0.15, 0.2) is 0 Å². The van der Waals surface area contributed by atoms with Crippen molar-refractivity contribution < 1.29 is 4.79 Å². The number of fused-ring (bicyclic) bond motifs is 1. The smallest absolute Gasteiger partial charge is 0.225 e. The first kappa shape index (κ1) is 12.1. The van der Waals surface area contributed by atoms with Crippen molar-refractivity contribution in [2.75, 3.05) is 13.6 Å². The Labute approximate surface area is 102 Å². The van der Waals surface area contributed by atoms with Crippen molar-refractivity contribution in [3.8, 4) is 0 Å². The minimum atomic E-state index is 0.0921. The lowest BCUT2D eigenvalue weighted by atomic mass is 9.89. The Bertz CT molecular complexity index is 388. The van der Waals surface area contributed by atoms with Gasteiger partial charge >= 0.3 is 0 Å². The van der Waals surface area contributed by atoms with Gasteiger partial charge in [0.1, 0.15) is 0 Å². The molecule has 17 heavy (non-hydrogen) atoms. The molecule has 0 saturated heterocycles. The summed E-state index contributed by atoms with van der Waals surface area (Å²) in [6.45, 7) is 3.00. The van der Waals surface area contributed by atoms with Crippen molar-refractivity contribution in [3.63, 3.8) is 0 Å². The molecule has 1 heterocycles. The lowest BCUT2D eigenvalue weighted by molar-refractivity contribution is -0.134. The van der Waals surface area contributed by atoms with Crippen molar-refractivity contribution in [2.45, 2.75) is 39.0 Å². The van der Waals surface area contributed by atoms with Gasteiger partial charge in [0, 0.05) is 25.9 Å². The summed E-state index contributed by atoms with van der Waals surface area (Å²) in [6.07, 6.45) is 4.69. The second-order valence-corrected chi connectivity index (χ2v) is 4.77. The van der Waals surface area contributed by atoms with Crippen molar-refractivity contribution >= 4 is 5.91 Å². The molecule has 0 spiro atoms. The zero-order valence-corrected chi connectivity index (χ0v) is 10.6. The van der Waals surface area contributed by atoms with Gasteiger partial charge < -0.3 is 4.90 Å². The van der Waals surface area contributed by atoms with Gasteiger partial charge in [0.25, 0.3) is 0 Å². The number of aryl methyl sites for hydroxylation is 1. The van der Waals surface area contributed by atoms with Gasteiger partial charge in [-0.1, -0.05) is 13.3 Å². The molecular formula is C12H20N4O. The molecule has 2 rings (SSSR count). The summed E-state index contributed by atoms with van der Waals surface area (Å²) in [5, 5.41) is 10.8. The highest BCUT2D eigenvalue weighted by atomic mass is 16.2. The summed E-state index contributed by atoms with van der Waals surface area (Å²) in [5.41, 5.74) is 2.00. The molecule has 94 valence electrons. The van der Waals surface area contributed by atoms with Crippen molar-refractivity contribution in [2.24, 2.45) is 5.92 Å². The lowest BCUT2D eigenvalue weighted by Gasteiger charge is -2.25. The van der Waals surface area contributed by atoms with Gasteiger partial charge in [-0.2, -0.15) is 15.4 Å². The number of rotatable bonds is 4. The van der Waals surface area contributed by atoms with E-state index in [2.05, 4.69) is 22.3 Å². The SMILES string of the molecule is CCCCN(C)C(=O)C1CCc2n[nH]nc2C1. The summed E-state index contributed by atoms with van der Waals surface area (Å²) in [4.78, 5) is 14.1. The number of aromatic amines is 1. The quantitative estimate of drug-likeness (QED) is 0.853. The Morgan fingerprint density at radius 1 is 1.47 bits per heavy atom. The molecule has 1 aliphatic carbocycles. The maximum atomic E-state index is 12.2. The highest BCUT2D eigenvalue weighted by Gasteiger charge is 2.28. The van der Waals surface area contributed by atoms with Gasteiger partial charge in [-0.15, -0.1) is 0 Å². The number of nitrogens with zero attached hydrogens (tertiary/aromatic N) is 3. The van der Waals surface area contributed by atoms with Crippen LogP contribution < -0.4 is 0 Å². The molecule has 1 aliphatic rings. The van der Waals surface area contributed by atoms with E-state index in [1.54, 1.807) is 0 Å². The number of hydrogen-bond donors (Lipinski definition) is 1. The molecule has 1 amide bonds. The Hall–Kier alpha value is -1.39. The molecule has 0 radical (unpaired) electrons. The fourth-order valence-corrected chi connectivity index (χ4v) is 2.31. The number of H-pyrrole nitrogens is 1. The van der Waals surface area contributed by atoms with Crippen LogP contribution in [0, 0.1) is 5.92 Å². The lowest BCUT2D eigenvalue weighted by Crippen LogP contribution is -2.36. The van der Waals surface area contributed by atoms with E-state index in [9.17, 15) is 4.79 Å². The zero-order chi connectivity index (χ0) is 12.3. The number of carbonyl (C=O) groups is 1. The van der Waals surface area contributed by atoms with Crippen molar-refractivity contribution in [1.29, 1.82) is 0 Å². The summed E-state index contributed by atoms with van der Waals surface area (Å²) in [7, 11) is 1.90. The number of unbranched alkanes of at least 4 members (excludes halogenated alkanes) is 1. The van der Waals surface area contributed by atoms with Crippen LogP contribution in [-0.4, -0.2) is 39.8 Å². The standard InChI is InChI=1S/C12H20N4O/c1-3-4-7-16(2)12(17)9-5-6-10-11(8-9)14-15-13-10/h9H,3-8H2,1-2H3,(H,13,14,15). The molecule has 0 saturated carbocycles. The molecule has 1 atom stereocenters. The summed E-state index contributed by atoms with van der Waals surface area (Å²) in [5.74, 6) is 0.349. The molecule has 1 N–H and O–H groups in total. The second kappa shape index (κ2) is 5.29. The Balaban J connectivity index is 1.93. The molecule has 0 aliphatic heterocycles. The molecule has 1 aromatic rings. The number of hydrogen-bond acceptors (Lipinski definition) is 3. The van der Waals surface area contributed by atoms with Crippen LogP contribution in [0.4, 0.5) is 0 Å². The third-order valence-electron chi connectivity index (χ3n) is 3.44. The Kier molecular flexibility index (Phi) is 3.76. The largest absolute Gasteiger partial charge is 0.346 e. The normalized spacial score (nSPS) is 18.8. The predicted octanol–water partition coefficient (Wildman–Crippen LogP) is 1.17. The molecule has 0 aromatic carbocycles. The average molecular weight is 236 g/mol. The Morgan fingerprint density at radius 2 is 2.24 bits per heavy atom. The highest BCUT2D eigenvalue weighted by Crippen LogP contribution is 2.23. The molecular weight excluding hydrogens is 216 g/mol. The summed E-state index contributed by atoms with van der Waals surface area (Å²) >= 11 is 0. The molecule has 0 fully saturated rings. The van der Waals surface area contributed by atoms with E-state index in [-0.39, 0.29) is 11.8 Å². The third kappa shape index (κ3) is 2.65. The van der Waals surface area contributed by atoms with Crippen molar-refractivity contribution in [3.05, 3.63) is 11.4 Å². The van der Waals surface area contributed by atoms with Gasteiger partial charge in [-0.25, -0.2) is 0 Å². The monoisotopic (exact) mass is 236 g/mol. The van der Waals surface area contributed by atoms with Gasteiger partial charge in [0.2, 0.25) is 5.91 Å². The van der Waals surface area contributed by atoms with Crippen LogP contribution in [0.25, 0.3) is 0 Å². The molecule has 1 unspecified atom stereocenters. The summed E-state index contributed by atoms with van der Waals surface area (Å²) in [6, 6.07) is 0. The third-order valence-corrected chi connectivity index (χ3v) is 3.44. The van der Waals surface area contributed by atoms with Crippen LogP contribution in [0.2, 0.25) is 0 Å². The van der Waals surface area contributed by atoms with E-state index in [0.717, 1.165) is 50.0 Å². The van der Waals surface area contributed by atoms with Crippen LogP contribution in [0.3, 0.4) is 0 Å². The minimum Gasteiger partial charge on any atom is -0.346 e. The van der Waals surface area contributed by atoms with E-state index >= 15 is 0 Å². The first-order chi connectivity index (χ1) is 8.22. The van der Waals surface area contributed by atoms with Crippen molar-refractivity contribution in [1.82, 2.24) is 20.3 Å². The number of amides is 1. The number of aromatic nitrogens is 3. The topological polar surface area (TPSA) is 61.9 Å². The minimum absolute atomic E-state index is 0.0921. The zero-order valence-electron chi connectivity index (χ0n) is 10.6. The van der Waals surface area contributed by atoms with Crippen LogP contribution in [0.15, 0.2) is 0 Å². The maximum absolute atomic E-state index is 12.2. The van der Waals surface area contributed by atoms with E-state index in [4.69, 9.17) is 0 Å². The highest BCUT2D eigenvalue weighted by molar-refractivity contribution is 5.79. The van der Waals surface area contributed by atoms with Gasteiger partial charge in [-0.3, -0.25) is 4.79 Å². The summed E-state index contributed by atoms with van der Waals surface area (Å²) < 4.78 is 0. The first-order valence-corrected chi connectivity index (χ1v) is 6.35. The fourth-order valence-electron chi connectivity index (χ4n) is 2.31. The molecule has 5 heteroatoms. The van der Waals surface area contributed by atoms with E-state index < -0.39 is 0 Å². The second-order valence-electron chi connectivity index (χ2n) is 4.77. The fraction of sp³-hybridized carbons (Fsp3) is 0.750. The van der Waals surface area contributed by atoms with Crippen LogP contribution in [0.1, 0.15) is 37.6 Å². The van der Waals surface area contributed by atoms with E-state index in [1.807, 2.05) is 11.9 Å². The number of nitrogens with one attached hydrogen (secondary N) is 1. The van der Waals surface area contributed by atoms with Crippen LogP contribution >= 0.6 is 0 Å². The molecule has 1 aromatic heterocycles. The van der Waals surface area contributed by atoms with Crippen LogP contribution in [-0.2, 0) is 17.6 Å².